The van der Waals surface area contributed by atoms with Crippen LogP contribution < -0.4 is 10.5 Å². The standard InChI is InChI=1S/C15H17N3O6S/c16-11-2-1-3-13(8-11)25(23,24)17-14(9-19)15(20)10-4-6-12(7-5-10)18(21)22/h1-8,14-15,17,19-20H,9,16H2/t14-,15-/m0/s1. The summed E-state index contributed by atoms with van der Waals surface area (Å²) < 4.78 is 26.9. The minimum atomic E-state index is -4.03. The lowest BCUT2D eigenvalue weighted by Gasteiger charge is -2.22. The first-order chi connectivity index (χ1) is 11.7. The van der Waals surface area contributed by atoms with Gasteiger partial charge in [-0.3, -0.25) is 10.1 Å². The molecule has 2 aromatic rings. The van der Waals surface area contributed by atoms with Gasteiger partial charge in [-0.05, 0) is 35.9 Å². The van der Waals surface area contributed by atoms with Gasteiger partial charge >= 0.3 is 0 Å². The molecule has 2 aromatic carbocycles. The molecule has 2 rings (SSSR count). The van der Waals surface area contributed by atoms with Gasteiger partial charge in [0, 0.05) is 17.8 Å². The Morgan fingerprint density at radius 1 is 1.20 bits per heavy atom. The average molecular weight is 367 g/mol. The molecule has 25 heavy (non-hydrogen) atoms. The molecular formula is C15H17N3O6S. The second kappa shape index (κ2) is 7.57. The summed E-state index contributed by atoms with van der Waals surface area (Å²) in [5.74, 6) is 0. The van der Waals surface area contributed by atoms with Crippen LogP contribution in [0.1, 0.15) is 11.7 Å². The minimum Gasteiger partial charge on any atom is -0.399 e. The number of sulfonamides is 1. The lowest BCUT2D eigenvalue weighted by Crippen LogP contribution is -2.41. The fourth-order valence-corrected chi connectivity index (χ4v) is 3.46. The summed E-state index contributed by atoms with van der Waals surface area (Å²) in [4.78, 5) is 9.94. The quantitative estimate of drug-likeness (QED) is 0.316. The van der Waals surface area contributed by atoms with Crippen molar-refractivity contribution in [1.29, 1.82) is 0 Å². The van der Waals surface area contributed by atoms with Crippen molar-refractivity contribution >= 4 is 21.4 Å². The number of nitro groups is 1. The number of aliphatic hydroxyl groups is 2. The number of nitro benzene ring substituents is 1. The lowest BCUT2D eigenvalue weighted by atomic mass is 10.0. The molecule has 0 heterocycles. The third kappa shape index (κ3) is 4.51. The van der Waals surface area contributed by atoms with E-state index in [1.165, 1.54) is 48.5 Å². The normalized spacial score (nSPS) is 14.0. The van der Waals surface area contributed by atoms with E-state index in [1.54, 1.807) is 0 Å². The van der Waals surface area contributed by atoms with Crippen LogP contribution in [-0.2, 0) is 10.0 Å². The van der Waals surface area contributed by atoms with Crippen LogP contribution >= 0.6 is 0 Å². The van der Waals surface area contributed by atoms with Crippen molar-refractivity contribution in [3.63, 3.8) is 0 Å². The molecule has 0 amide bonds. The van der Waals surface area contributed by atoms with Crippen molar-refractivity contribution in [1.82, 2.24) is 4.72 Å². The summed E-state index contributed by atoms with van der Waals surface area (Å²) in [7, 11) is -4.03. The van der Waals surface area contributed by atoms with E-state index in [9.17, 15) is 28.7 Å². The maximum atomic E-state index is 12.4. The molecule has 0 unspecified atom stereocenters. The maximum absolute atomic E-state index is 12.4. The molecule has 10 heteroatoms. The Kier molecular flexibility index (Phi) is 5.69. The van der Waals surface area contributed by atoms with Crippen LogP contribution in [-0.4, -0.2) is 36.2 Å². The highest BCUT2D eigenvalue weighted by molar-refractivity contribution is 7.89. The van der Waals surface area contributed by atoms with Crippen molar-refractivity contribution in [3.8, 4) is 0 Å². The highest BCUT2D eigenvalue weighted by Gasteiger charge is 2.27. The Morgan fingerprint density at radius 2 is 1.84 bits per heavy atom. The minimum absolute atomic E-state index is 0.109. The molecule has 0 spiro atoms. The zero-order valence-electron chi connectivity index (χ0n) is 12.9. The van der Waals surface area contributed by atoms with Gasteiger partial charge in [-0.2, -0.15) is 0 Å². The van der Waals surface area contributed by atoms with Crippen LogP contribution in [0, 0.1) is 10.1 Å². The first kappa shape index (κ1) is 18.8. The van der Waals surface area contributed by atoms with Gasteiger partial charge in [-0.25, -0.2) is 13.1 Å². The van der Waals surface area contributed by atoms with Gasteiger partial charge in [-0.1, -0.05) is 6.07 Å². The fraction of sp³-hybridized carbons (Fsp3) is 0.200. The number of rotatable bonds is 7. The number of hydrogen-bond donors (Lipinski definition) is 4. The number of benzene rings is 2. The monoisotopic (exact) mass is 367 g/mol. The van der Waals surface area contributed by atoms with Gasteiger partial charge in [0.1, 0.15) is 0 Å². The van der Waals surface area contributed by atoms with Gasteiger partial charge in [0.05, 0.1) is 28.6 Å². The number of non-ortho nitro benzene ring substituents is 1. The molecular weight excluding hydrogens is 350 g/mol. The topological polar surface area (TPSA) is 156 Å². The van der Waals surface area contributed by atoms with E-state index in [2.05, 4.69) is 4.72 Å². The van der Waals surface area contributed by atoms with Gasteiger partial charge in [0.15, 0.2) is 0 Å². The molecule has 0 radical (unpaired) electrons. The van der Waals surface area contributed by atoms with Crippen molar-refractivity contribution in [2.24, 2.45) is 0 Å². The van der Waals surface area contributed by atoms with E-state index < -0.39 is 33.7 Å². The molecule has 2 atom stereocenters. The summed E-state index contributed by atoms with van der Waals surface area (Å²) in [5, 5.41) is 30.4. The summed E-state index contributed by atoms with van der Waals surface area (Å²) in [6.45, 7) is -0.681. The second-order valence-electron chi connectivity index (χ2n) is 5.28. The van der Waals surface area contributed by atoms with Crippen LogP contribution in [0.5, 0.6) is 0 Å². The molecule has 0 fully saturated rings. The molecule has 0 aliphatic heterocycles. The van der Waals surface area contributed by atoms with Crippen LogP contribution in [0.2, 0.25) is 0 Å². The molecule has 5 N–H and O–H groups in total. The molecule has 0 aromatic heterocycles. The molecule has 134 valence electrons. The van der Waals surface area contributed by atoms with E-state index >= 15 is 0 Å². The predicted octanol–water partition coefficient (Wildman–Crippen LogP) is 0.550. The highest BCUT2D eigenvalue weighted by Crippen LogP contribution is 2.22. The zero-order chi connectivity index (χ0) is 18.6. The third-order valence-electron chi connectivity index (χ3n) is 3.50. The number of nitrogens with one attached hydrogen (secondary N) is 1. The Labute approximate surface area is 143 Å². The first-order valence-electron chi connectivity index (χ1n) is 7.16. The van der Waals surface area contributed by atoms with E-state index in [-0.39, 0.29) is 21.8 Å². The van der Waals surface area contributed by atoms with Crippen LogP contribution in [0.3, 0.4) is 0 Å². The number of nitrogens with two attached hydrogens (primary N) is 1. The summed E-state index contributed by atoms with van der Waals surface area (Å²) in [5.41, 5.74) is 5.86. The van der Waals surface area contributed by atoms with E-state index in [0.29, 0.717) is 0 Å². The molecule has 0 bridgehead atoms. The maximum Gasteiger partial charge on any atom is 0.269 e. The molecule has 0 aliphatic rings. The van der Waals surface area contributed by atoms with Gasteiger partial charge in [0.25, 0.3) is 5.69 Å². The summed E-state index contributed by atoms with van der Waals surface area (Å²) >= 11 is 0. The van der Waals surface area contributed by atoms with E-state index in [0.717, 1.165) is 0 Å². The fourth-order valence-electron chi connectivity index (χ4n) is 2.18. The Morgan fingerprint density at radius 3 is 2.36 bits per heavy atom. The second-order valence-corrected chi connectivity index (χ2v) is 6.99. The first-order valence-corrected chi connectivity index (χ1v) is 8.64. The summed E-state index contributed by atoms with van der Waals surface area (Å²) in [6.07, 6.45) is -1.40. The smallest absolute Gasteiger partial charge is 0.269 e. The van der Waals surface area contributed by atoms with Gasteiger partial charge in [-0.15, -0.1) is 0 Å². The Bertz CT molecular complexity index is 854. The van der Waals surface area contributed by atoms with Gasteiger partial charge in [0.2, 0.25) is 10.0 Å². The number of nitrogens with zero attached hydrogens (tertiary/aromatic N) is 1. The molecule has 9 nitrogen and oxygen atoms in total. The van der Waals surface area contributed by atoms with Crippen LogP contribution in [0.25, 0.3) is 0 Å². The predicted molar refractivity (Wildman–Crippen MR) is 90.1 cm³/mol. The van der Waals surface area contributed by atoms with Crippen LogP contribution in [0.4, 0.5) is 11.4 Å². The Hall–Kier alpha value is -2.53. The highest BCUT2D eigenvalue weighted by atomic mass is 32.2. The Balaban J connectivity index is 2.22. The van der Waals surface area contributed by atoms with Gasteiger partial charge < -0.3 is 15.9 Å². The largest absolute Gasteiger partial charge is 0.399 e. The van der Waals surface area contributed by atoms with Crippen molar-refractivity contribution in [3.05, 3.63) is 64.2 Å². The number of aliphatic hydroxyl groups excluding tert-OH is 2. The lowest BCUT2D eigenvalue weighted by molar-refractivity contribution is -0.384. The van der Waals surface area contributed by atoms with Crippen molar-refractivity contribution < 1.29 is 23.6 Å². The molecule has 0 aliphatic carbocycles. The average Bonchev–Trinajstić information content (AvgIpc) is 2.59. The molecule has 0 saturated heterocycles. The zero-order valence-corrected chi connectivity index (χ0v) is 13.8. The van der Waals surface area contributed by atoms with Crippen LogP contribution in [0.15, 0.2) is 53.4 Å². The number of hydrogen-bond acceptors (Lipinski definition) is 7. The van der Waals surface area contributed by atoms with Crippen molar-refractivity contribution in [2.75, 3.05) is 12.3 Å². The number of nitrogen functional groups attached to an aromatic ring is 1. The van der Waals surface area contributed by atoms with E-state index in [1.807, 2.05) is 0 Å². The SMILES string of the molecule is Nc1cccc(S(=O)(=O)N[C@@H](CO)[C@@H](O)c2ccc([N+](=O)[O-])cc2)c1. The molecule has 0 saturated carbocycles. The summed E-state index contributed by atoms with van der Waals surface area (Å²) in [6, 6.07) is 9.26. The van der Waals surface area contributed by atoms with E-state index in [4.69, 9.17) is 5.73 Å². The third-order valence-corrected chi connectivity index (χ3v) is 4.99. The van der Waals surface area contributed by atoms with Crippen molar-refractivity contribution in [2.45, 2.75) is 17.0 Å². The number of anilines is 1.